The zero-order chi connectivity index (χ0) is 16.2. The lowest BCUT2D eigenvalue weighted by atomic mass is 10.1. The molecule has 0 aliphatic carbocycles. The van der Waals surface area contributed by atoms with Crippen molar-refractivity contribution in [2.45, 2.75) is 30.7 Å². The van der Waals surface area contributed by atoms with Crippen molar-refractivity contribution in [1.29, 1.82) is 0 Å². The first-order chi connectivity index (χ1) is 10.4. The first kappa shape index (κ1) is 16.2. The van der Waals surface area contributed by atoms with E-state index in [1.807, 2.05) is 31.2 Å². The van der Waals surface area contributed by atoms with Crippen molar-refractivity contribution in [3.63, 3.8) is 0 Å². The van der Waals surface area contributed by atoms with Gasteiger partial charge in [-0.2, -0.15) is 0 Å². The molecule has 22 heavy (non-hydrogen) atoms. The number of sulfone groups is 1. The predicted octanol–water partition coefficient (Wildman–Crippen LogP) is 1.87. The monoisotopic (exact) mass is 318 g/mol. The molecule has 0 fully saturated rings. The van der Waals surface area contributed by atoms with Crippen molar-refractivity contribution in [3.8, 4) is 0 Å². The number of aryl methyl sites for hydroxylation is 1. The Morgan fingerprint density at radius 3 is 2.50 bits per heavy atom. The van der Waals surface area contributed by atoms with Crippen LogP contribution in [0.5, 0.6) is 0 Å². The number of hydrogen-bond acceptors (Lipinski definition) is 4. The molecule has 116 valence electrons. The lowest BCUT2D eigenvalue weighted by Gasteiger charge is -2.13. The van der Waals surface area contributed by atoms with Crippen molar-refractivity contribution < 1.29 is 13.2 Å². The number of pyridine rings is 1. The number of nitrogens with zero attached hydrogens (tertiary/aromatic N) is 1. The fourth-order valence-corrected chi connectivity index (χ4v) is 3.18. The number of hydrogen-bond donors (Lipinski definition) is 1. The Kier molecular flexibility index (Phi) is 4.92. The lowest BCUT2D eigenvalue weighted by Crippen LogP contribution is -2.37. The van der Waals surface area contributed by atoms with Crippen molar-refractivity contribution in [3.05, 3.63) is 59.8 Å². The fourth-order valence-electron chi connectivity index (χ4n) is 1.97. The van der Waals surface area contributed by atoms with E-state index in [0.29, 0.717) is 6.54 Å². The minimum absolute atomic E-state index is 0.0893. The van der Waals surface area contributed by atoms with E-state index >= 15 is 0 Å². The zero-order valence-corrected chi connectivity index (χ0v) is 13.3. The van der Waals surface area contributed by atoms with Crippen LogP contribution in [0.15, 0.2) is 53.7 Å². The van der Waals surface area contributed by atoms with Crippen LogP contribution in [-0.2, 0) is 21.2 Å². The Balaban J connectivity index is 2.08. The summed E-state index contributed by atoms with van der Waals surface area (Å²) in [4.78, 5) is 15.9. The third-order valence-electron chi connectivity index (χ3n) is 3.48. The van der Waals surface area contributed by atoms with E-state index in [1.54, 1.807) is 12.1 Å². The SMILES string of the molecule is Cc1ccccc1CNC(=O)[C@H](C)S(=O)(=O)c1ccccn1. The summed E-state index contributed by atoms with van der Waals surface area (Å²) >= 11 is 0. The number of nitrogens with one attached hydrogen (secondary N) is 1. The largest absolute Gasteiger partial charge is 0.351 e. The van der Waals surface area contributed by atoms with Crippen LogP contribution in [0.1, 0.15) is 18.1 Å². The van der Waals surface area contributed by atoms with Gasteiger partial charge in [-0.3, -0.25) is 4.79 Å². The highest BCUT2D eigenvalue weighted by Crippen LogP contribution is 2.13. The van der Waals surface area contributed by atoms with Gasteiger partial charge >= 0.3 is 0 Å². The van der Waals surface area contributed by atoms with E-state index in [0.717, 1.165) is 11.1 Å². The van der Waals surface area contributed by atoms with Gasteiger partial charge in [-0.1, -0.05) is 30.3 Å². The predicted molar refractivity (Wildman–Crippen MR) is 83.9 cm³/mol. The number of aromatic nitrogens is 1. The Morgan fingerprint density at radius 1 is 1.18 bits per heavy atom. The molecule has 0 radical (unpaired) electrons. The molecule has 1 atom stereocenters. The van der Waals surface area contributed by atoms with E-state index < -0.39 is 21.0 Å². The molecule has 0 bridgehead atoms. The number of rotatable bonds is 5. The zero-order valence-electron chi connectivity index (χ0n) is 12.5. The highest BCUT2D eigenvalue weighted by atomic mass is 32.2. The van der Waals surface area contributed by atoms with Crippen LogP contribution in [-0.4, -0.2) is 24.6 Å². The maximum atomic E-state index is 12.3. The van der Waals surface area contributed by atoms with Gasteiger partial charge in [-0.15, -0.1) is 0 Å². The number of amides is 1. The first-order valence-corrected chi connectivity index (χ1v) is 8.44. The van der Waals surface area contributed by atoms with E-state index in [1.165, 1.54) is 19.2 Å². The second kappa shape index (κ2) is 6.70. The van der Waals surface area contributed by atoms with Crippen LogP contribution in [0.3, 0.4) is 0 Å². The molecule has 0 unspecified atom stereocenters. The molecule has 0 spiro atoms. The molecule has 0 aliphatic heterocycles. The molecule has 0 aliphatic rings. The molecule has 6 heteroatoms. The Hall–Kier alpha value is -2.21. The van der Waals surface area contributed by atoms with Crippen molar-refractivity contribution in [1.82, 2.24) is 10.3 Å². The summed E-state index contributed by atoms with van der Waals surface area (Å²) in [6, 6.07) is 12.2. The molecule has 5 nitrogen and oxygen atoms in total. The molecule has 1 aromatic carbocycles. The van der Waals surface area contributed by atoms with E-state index in [2.05, 4.69) is 10.3 Å². The highest BCUT2D eigenvalue weighted by Gasteiger charge is 2.30. The normalized spacial score (nSPS) is 12.6. The van der Waals surface area contributed by atoms with E-state index in [4.69, 9.17) is 0 Å². The number of benzene rings is 1. The highest BCUT2D eigenvalue weighted by molar-refractivity contribution is 7.92. The summed E-state index contributed by atoms with van der Waals surface area (Å²) in [5.41, 5.74) is 2.00. The van der Waals surface area contributed by atoms with Gasteiger partial charge in [0.15, 0.2) is 5.03 Å². The number of carbonyl (C=O) groups is 1. The van der Waals surface area contributed by atoms with Gasteiger partial charge in [0.2, 0.25) is 15.7 Å². The average molecular weight is 318 g/mol. The van der Waals surface area contributed by atoms with Crippen LogP contribution < -0.4 is 5.32 Å². The Morgan fingerprint density at radius 2 is 1.86 bits per heavy atom. The average Bonchev–Trinajstić information content (AvgIpc) is 2.54. The smallest absolute Gasteiger partial charge is 0.238 e. The summed E-state index contributed by atoms with van der Waals surface area (Å²) in [5, 5.41) is 1.39. The second-order valence-electron chi connectivity index (χ2n) is 5.00. The summed E-state index contributed by atoms with van der Waals surface area (Å²) in [6.45, 7) is 3.61. The summed E-state index contributed by atoms with van der Waals surface area (Å²) in [6.07, 6.45) is 1.39. The summed E-state index contributed by atoms with van der Waals surface area (Å²) in [5.74, 6) is -0.533. The molecule has 0 saturated carbocycles. The third kappa shape index (κ3) is 3.51. The molecule has 2 aromatic rings. The molecule has 1 N–H and O–H groups in total. The second-order valence-corrected chi connectivity index (χ2v) is 7.21. The van der Waals surface area contributed by atoms with Crippen molar-refractivity contribution >= 4 is 15.7 Å². The third-order valence-corrected chi connectivity index (χ3v) is 5.45. The summed E-state index contributed by atoms with van der Waals surface area (Å²) < 4.78 is 24.7. The minimum Gasteiger partial charge on any atom is -0.351 e. The van der Waals surface area contributed by atoms with E-state index in [9.17, 15) is 13.2 Å². The molecular weight excluding hydrogens is 300 g/mol. The Bertz CT molecular complexity index is 758. The van der Waals surface area contributed by atoms with Crippen molar-refractivity contribution in [2.75, 3.05) is 0 Å². The van der Waals surface area contributed by atoms with Gasteiger partial charge in [0.1, 0.15) is 5.25 Å². The standard InChI is InChI=1S/C16H18N2O3S/c1-12-7-3-4-8-14(12)11-18-16(19)13(2)22(20,21)15-9-5-6-10-17-15/h3-10,13H,11H2,1-2H3,(H,18,19)/t13-/m0/s1. The number of carbonyl (C=O) groups excluding carboxylic acids is 1. The lowest BCUT2D eigenvalue weighted by molar-refractivity contribution is -0.120. The van der Waals surface area contributed by atoms with E-state index in [-0.39, 0.29) is 5.03 Å². The quantitative estimate of drug-likeness (QED) is 0.913. The molecule has 0 saturated heterocycles. The molecule has 1 aromatic heterocycles. The maximum Gasteiger partial charge on any atom is 0.238 e. The van der Waals surface area contributed by atoms with Gasteiger partial charge in [0, 0.05) is 12.7 Å². The van der Waals surface area contributed by atoms with Gasteiger partial charge in [-0.25, -0.2) is 13.4 Å². The van der Waals surface area contributed by atoms with Crippen LogP contribution in [0.25, 0.3) is 0 Å². The van der Waals surface area contributed by atoms with Gasteiger partial charge in [-0.05, 0) is 37.1 Å². The molecule has 2 rings (SSSR count). The van der Waals surface area contributed by atoms with Crippen LogP contribution in [0, 0.1) is 6.92 Å². The van der Waals surface area contributed by atoms with Crippen LogP contribution in [0.4, 0.5) is 0 Å². The fraction of sp³-hybridized carbons (Fsp3) is 0.250. The molecular formula is C16H18N2O3S. The van der Waals surface area contributed by atoms with Gasteiger partial charge < -0.3 is 5.32 Å². The molecule has 1 amide bonds. The first-order valence-electron chi connectivity index (χ1n) is 6.90. The topological polar surface area (TPSA) is 76.1 Å². The van der Waals surface area contributed by atoms with Gasteiger partial charge in [0.25, 0.3) is 0 Å². The molecule has 1 heterocycles. The van der Waals surface area contributed by atoms with Gasteiger partial charge in [0.05, 0.1) is 0 Å². The minimum atomic E-state index is -3.78. The summed E-state index contributed by atoms with van der Waals surface area (Å²) in [7, 11) is -3.78. The van der Waals surface area contributed by atoms with Crippen LogP contribution >= 0.6 is 0 Å². The maximum absolute atomic E-state index is 12.3. The van der Waals surface area contributed by atoms with Crippen LogP contribution in [0.2, 0.25) is 0 Å². The Labute approximate surface area is 130 Å². The van der Waals surface area contributed by atoms with Crippen molar-refractivity contribution in [2.24, 2.45) is 0 Å².